The Morgan fingerprint density at radius 1 is 1.03 bits per heavy atom. The molecule has 0 atom stereocenters. The van der Waals surface area contributed by atoms with Crippen molar-refractivity contribution in [2.24, 2.45) is 0 Å². The molecule has 1 amide bonds. The molecule has 0 aliphatic heterocycles. The van der Waals surface area contributed by atoms with Gasteiger partial charge in [0.1, 0.15) is 0 Å². The van der Waals surface area contributed by atoms with Gasteiger partial charge >= 0.3 is 6.18 Å². The van der Waals surface area contributed by atoms with Gasteiger partial charge in [0.05, 0.1) is 10.6 Å². The highest BCUT2D eigenvalue weighted by molar-refractivity contribution is 7.89. The summed E-state index contributed by atoms with van der Waals surface area (Å²) >= 11 is 0. The normalized spacial score (nSPS) is 12.0. The molecule has 0 fully saturated rings. The zero-order chi connectivity index (χ0) is 21.9. The zero-order valence-electron chi connectivity index (χ0n) is 15.6. The van der Waals surface area contributed by atoms with E-state index in [-0.39, 0.29) is 17.3 Å². The lowest BCUT2D eigenvalue weighted by molar-refractivity contribution is -0.141. The number of benzene rings is 2. The van der Waals surface area contributed by atoms with Gasteiger partial charge in [-0.1, -0.05) is 12.1 Å². The van der Waals surface area contributed by atoms with Crippen LogP contribution in [0.1, 0.15) is 21.6 Å². The number of amides is 1. The Bertz CT molecular complexity index is 1140. The minimum Gasteiger partial charge on any atom is -0.348 e. The van der Waals surface area contributed by atoms with Crippen LogP contribution < -0.4 is 10.0 Å². The fraction of sp³-hybridized carbons (Fsp3) is 0.158. The molecule has 0 aliphatic carbocycles. The van der Waals surface area contributed by atoms with Gasteiger partial charge in [0.15, 0.2) is 5.69 Å². The Kier molecular flexibility index (Phi) is 5.94. The van der Waals surface area contributed by atoms with E-state index < -0.39 is 21.9 Å². The molecular formula is C19H17F3N4O3S. The molecule has 3 rings (SSSR count). The minimum absolute atomic E-state index is 0.114. The standard InChI is InChI=1S/C19H17F3N4O3S/c1-23-30(28,29)16-8-2-13(3-9-16)12-24-18(27)14-4-6-15(7-5-14)26-11-10-17(25-26)19(20,21)22/h2-11,23H,12H2,1H3,(H,24,27). The maximum Gasteiger partial charge on any atom is 0.435 e. The maximum atomic E-state index is 12.6. The SMILES string of the molecule is CNS(=O)(=O)c1ccc(CNC(=O)c2ccc(-n3ccc(C(F)(F)F)n3)cc2)cc1. The number of nitrogens with zero attached hydrogens (tertiary/aromatic N) is 2. The van der Waals surface area contributed by atoms with Crippen molar-refractivity contribution in [2.45, 2.75) is 17.6 Å². The summed E-state index contributed by atoms with van der Waals surface area (Å²) in [5.41, 5.74) is 0.392. The van der Waals surface area contributed by atoms with E-state index in [0.717, 1.165) is 10.7 Å². The second-order valence-corrected chi connectivity index (χ2v) is 8.11. The Hall–Kier alpha value is -3.18. The number of aromatic nitrogens is 2. The number of carbonyl (C=O) groups excluding carboxylic acids is 1. The van der Waals surface area contributed by atoms with E-state index in [1.54, 1.807) is 12.1 Å². The molecule has 2 N–H and O–H groups in total. The first-order valence-corrected chi connectivity index (χ1v) is 10.1. The van der Waals surface area contributed by atoms with Crippen LogP contribution in [0.5, 0.6) is 0 Å². The van der Waals surface area contributed by atoms with Crippen molar-refractivity contribution in [2.75, 3.05) is 7.05 Å². The summed E-state index contributed by atoms with van der Waals surface area (Å²) in [5.74, 6) is -0.384. The van der Waals surface area contributed by atoms with Crippen molar-refractivity contribution >= 4 is 15.9 Å². The molecule has 0 aliphatic rings. The second-order valence-electron chi connectivity index (χ2n) is 6.22. The molecule has 0 saturated carbocycles. The van der Waals surface area contributed by atoms with Crippen LogP contribution in [0.2, 0.25) is 0 Å². The van der Waals surface area contributed by atoms with Crippen LogP contribution in [-0.2, 0) is 22.7 Å². The molecule has 0 unspecified atom stereocenters. The van der Waals surface area contributed by atoms with E-state index in [1.807, 2.05) is 0 Å². The topological polar surface area (TPSA) is 93.1 Å². The summed E-state index contributed by atoms with van der Waals surface area (Å²) in [6.45, 7) is 0.175. The number of sulfonamides is 1. The highest BCUT2D eigenvalue weighted by atomic mass is 32.2. The molecule has 11 heteroatoms. The van der Waals surface area contributed by atoms with Gasteiger partial charge in [-0.25, -0.2) is 17.8 Å². The highest BCUT2D eigenvalue weighted by Gasteiger charge is 2.33. The van der Waals surface area contributed by atoms with Crippen LogP contribution in [-0.4, -0.2) is 31.2 Å². The van der Waals surface area contributed by atoms with Gasteiger partial charge in [-0.05, 0) is 55.1 Å². The zero-order valence-corrected chi connectivity index (χ0v) is 16.5. The molecule has 30 heavy (non-hydrogen) atoms. The van der Waals surface area contributed by atoms with Crippen molar-refractivity contribution in [3.05, 3.63) is 77.6 Å². The second kappa shape index (κ2) is 8.28. The largest absolute Gasteiger partial charge is 0.435 e. The fourth-order valence-corrected chi connectivity index (χ4v) is 3.30. The fourth-order valence-electron chi connectivity index (χ4n) is 2.57. The molecule has 2 aromatic carbocycles. The van der Waals surface area contributed by atoms with E-state index in [0.29, 0.717) is 16.8 Å². The Morgan fingerprint density at radius 3 is 2.20 bits per heavy atom. The van der Waals surface area contributed by atoms with Crippen LogP contribution in [0.3, 0.4) is 0 Å². The van der Waals surface area contributed by atoms with Gasteiger partial charge < -0.3 is 5.32 Å². The van der Waals surface area contributed by atoms with E-state index in [4.69, 9.17) is 0 Å². The van der Waals surface area contributed by atoms with Crippen LogP contribution >= 0.6 is 0 Å². The number of hydrogen-bond acceptors (Lipinski definition) is 4. The van der Waals surface area contributed by atoms with E-state index in [9.17, 15) is 26.4 Å². The quantitative estimate of drug-likeness (QED) is 0.619. The molecule has 0 bridgehead atoms. The first-order chi connectivity index (χ1) is 14.1. The van der Waals surface area contributed by atoms with Gasteiger partial charge in [-0.2, -0.15) is 18.3 Å². The van der Waals surface area contributed by atoms with Gasteiger partial charge in [0.2, 0.25) is 10.0 Å². The van der Waals surface area contributed by atoms with Crippen molar-refractivity contribution in [3.8, 4) is 5.69 Å². The molecule has 7 nitrogen and oxygen atoms in total. The van der Waals surface area contributed by atoms with Crippen LogP contribution in [0.4, 0.5) is 13.2 Å². The number of nitrogens with one attached hydrogen (secondary N) is 2. The van der Waals surface area contributed by atoms with E-state index >= 15 is 0 Å². The summed E-state index contributed by atoms with van der Waals surface area (Å²) in [4.78, 5) is 12.4. The Labute approximate surface area is 170 Å². The summed E-state index contributed by atoms with van der Waals surface area (Å²) in [5, 5.41) is 6.17. The third-order valence-corrected chi connectivity index (χ3v) is 5.66. The molecule has 0 radical (unpaired) electrons. The van der Waals surface area contributed by atoms with E-state index in [1.165, 1.54) is 49.6 Å². The lowest BCUT2D eigenvalue weighted by atomic mass is 10.2. The number of hydrogen-bond donors (Lipinski definition) is 2. The van der Waals surface area contributed by atoms with Crippen molar-refractivity contribution in [3.63, 3.8) is 0 Å². The van der Waals surface area contributed by atoms with Crippen LogP contribution in [0, 0.1) is 0 Å². The van der Waals surface area contributed by atoms with Crippen molar-refractivity contribution in [1.82, 2.24) is 19.8 Å². The Balaban J connectivity index is 1.63. The molecule has 0 spiro atoms. The minimum atomic E-state index is -4.53. The van der Waals surface area contributed by atoms with Crippen molar-refractivity contribution in [1.29, 1.82) is 0 Å². The molecular weight excluding hydrogens is 421 g/mol. The predicted octanol–water partition coefficient (Wildman–Crippen LogP) is 2.73. The third-order valence-electron chi connectivity index (χ3n) is 4.23. The average molecular weight is 438 g/mol. The molecule has 1 aromatic heterocycles. The molecule has 1 heterocycles. The number of carbonyl (C=O) groups is 1. The van der Waals surface area contributed by atoms with Crippen LogP contribution in [0.25, 0.3) is 5.69 Å². The van der Waals surface area contributed by atoms with E-state index in [2.05, 4.69) is 15.1 Å². The summed E-state index contributed by atoms with van der Waals surface area (Å²) < 4.78 is 64.6. The maximum absolute atomic E-state index is 12.6. The van der Waals surface area contributed by atoms with Gasteiger partial charge in [-0.3, -0.25) is 4.79 Å². The summed E-state index contributed by atoms with van der Waals surface area (Å²) in [6.07, 6.45) is -3.34. The molecule has 3 aromatic rings. The van der Waals surface area contributed by atoms with Gasteiger partial charge in [0.25, 0.3) is 5.91 Å². The number of rotatable bonds is 6. The van der Waals surface area contributed by atoms with Gasteiger partial charge in [-0.15, -0.1) is 0 Å². The number of halogens is 3. The smallest absolute Gasteiger partial charge is 0.348 e. The van der Waals surface area contributed by atoms with Crippen LogP contribution in [0.15, 0.2) is 65.7 Å². The van der Waals surface area contributed by atoms with Crippen molar-refractivity contribution < 1.29 is 26.4 Å². The molecule has 0 saturated heterocycles. The predicted molar refractivity (Wildman–Crippen MR) is 102 cm³/mol. The monoisotopic (exact) mass is 438 g/mol. The lowest BCUT2D eigenvalue weighted by Gasteiger charge is -2.08. The lowest BCUT2D eigenvalue weighted by Crippen LogP contribution is -2.23. The number of alkyl halides is 3. The summed E-state index contributed by atoms with van der Waals surface area (Å²) in [7, 11) is -2.21. The average Bonchev–Trinajstić information content (AvgIpc) is 3.23. The Morgan fingerprint density at radius 2 is 1.67 bits per heavy atom. The highest BCUT2D eigenvalue weighted by Crippen LogP contribution is 2.27. The first-order valence-electron chi connectivity index (χ1n) is 8.64. The first kappa shape index (κ1) is 21.5. The molecule has 158 valence electrons. The van der Waals surface area contributed by atoms with Gasteiger partial charge in [0, 0.05) is 18.3 Å². The third kappa shape index (κ3) is 4.86. The summed E-state index contributed by atoms with van der Waals surface area (Å²) in [6, 6.07) is 12.8.